The van der Waals surface area contributed by atoms with E-state index in [1.165, 1.54) is 32.0 Å². The molecular weight excluding hydrogens is 226 g/mol. The third-order valence-electron chi connectivity index (χ3n) is 4.68. The number of ether oxygens (including phenoxy) is 1. The summed E-state index contributed by atoms with van der Waals surface area (Å²) in [5, 5.41) is 0. The first-order valence-corrected chi connectivity index (χ1v) is 7.38. The lowest BCUT2D eigenvalue weighted by atomic mass is 9.71. The van der Waals surface area contributed by atoms with E-state index in [9.17, 15) is 4.79 Å². The minimum atomic E-state index is -0.0666. The topological polar surface area (TPSA) is 29.5 Å². The van der Waals surface area contributed by atoms with Crippen LogP contribution in [-0.2, 0) is 9.53 Å². The van der Waals surface area contributed by atoms with E-state index in [2.05, 4.69) is 11.8 Å². The molecule has 2 aliphatic rings. The summed E-state index contributed by atoms with van der Waals surface area (Å²) in [6.07, 6.45) is 8.43. The Morgan fingerprint density at radius 3 is 2.44 bits per heavy atom. The Hall–Kier alpha value is -0.410. The summed E-state index contributed by atoms with van der Waals surface area (Å²) in [7, 11) is 1.75. The summed E-state index contributed by atoms with van der Waals surface area (Å²) in [4.78, 5) is 14.1. The molecule has 0 heterocycles. The molecule has 18 heavy (non-hydrogen) atoms. The van der Waals surface area contributed by atoms with Crippen LogP contribution in [0.25, 0.3) is 0 Å². The van der Waals surface area contributed by atoms with E-state index in [0.717, 1.165) is 44.5 Å². The van der Waals surface area contributed by atoms with E-state index in [0.29, 0.717) is 0 Å². The van der Waals surface area contributed by atoms with E-state index >= 15 is 0 Å². The molecule has 0 unspecified atom stereocenters. The van der Waals surface area contributed by atoms with Gasteiger partial charge in [0.05, 0.1) is 6.61 Å². The number of carbonyl (C=O) groups is 1. The van der Waals surface area contributed by atoms with Crippen LogP contribution in [0.5, 0.6) is 0 Å². The number of methoxy groups -OCH3 is 1. The molecule has 2 saturated carbocycles. The molecule has 3 nitrogen and oxygen atoms in total. The summed E-state index contributed by atoms with van der Waals surface area (Å²) < 4.78 is 5.19. The van der Waals surface area contributed by atoms with Crippen LogP contribution in [0.4, 0.5) is 0 Å². The van der Waals surface area contributed by atoms with Gasteiger partial charge in [0.25, 0.3) is 0 Å². The monoisotopic (exact) mass is 253 g/mol. The van der Waals surface area contributed by atoms with Gasteiger partial charge in [-0.2, -0.15) is 0 Å². The molecule has 0 aliphatic heterocycles. The van der Waals surface area contributed by atoms with Gasteiger partial charge in [-0.05, 0) is 44.4 Å². The van der Waals surface area contributed by atoms with Crippen LogP contribution in [0, 0.1) is 11.3 Å². The van der Waals surface area contributed by atoms with Crippen molar-refractivity contribution in [2.75, 3.05) is 26.8 Å². The molecule has 2 rings (SSSR count). The minimum absolute atomic E-state index is 0.0666. The number of nitrogens with zero attached hydrogens (tertiary/aromatic N) is 1. The molecule has 104 valence electrons. The Balaban J connectivity index is 1.92. The van der Waals surface area contributed by atoms with Gasteiger partial charge in [-0.25, -0.2) is 0 Å². The zero-order chi connectivity index (χ0) is 13.0. The summed E-state index contributed by atoms with van der Waals surface area (Å²) in [6, 6.07) is 0.719. The lowest BCUT2D eigenvalue weighted by Gasteiger charge is -2.39. The highest BCUT2D eigenvalue weighted by Gasteiger charge is 2.39. The highest BCUT2D eigenvalue weighted by Crippen LogP contribution is 2.40. The maximum Gasteiger partial charge on any atom is 0.127 e. The van der Waals surface area contributed by atoms with Gasteiger partial charge in [0.15, 0.2) is 0 Å². The van der Waals surface area contributed by atoms with E-state index in [4.69, 9.17) is 4.74 Å². The Morgan fingerprint density at radius 2 is 1.94 bits per heavy atom. The maximum absolute atomic E-state index is 11.6. The summed E-state index contributed by atoms with van der Waals surface area (Å²) >= 11 is 0. The van der Waals surface area contributed by atoms with E-state index in [-0.39, 0.29) is 5.41 Å². The SMILES string of the molecule is COCCN(CC1(C=O)CCC(C)CC1)C1CC1. The molecule has 0 N–H and O–H groups in total. The highest BCUT2D eigenvalue weighted by atomic mass is 16.5. The van der Waals surface area contributed by atoms with Crippen molar-refractivity contribution in [3.63, 3.8) is 0 Å². The van der Waals surface area contributed by atoms with Crippen molar-refractivity contribution in [1.82, 2.24) is 4.90 Å². The maximum atomic E-state index is 11.6. The molecule has 0 saturated heterocycles. The van der Waals surface area contributed by atoms with Gasteiger partial charge in [0.1, 0.15) is 6.29 Å². The van der Waals surface area contributed by atoms with Gasteiger partial charge in [-0.1, -0.05) is 6.92 Å². The fourth-order valence-electron chi connectivity index (χ4n) is 3.09. The zero-order valence-electron chi connectivity index (χ0n) is 11.9. The second kappa shape index (κ2) is 6.16. The molecule has 0 bridgehead atoms. The van der Waals surface area contributed by atoms with Crippen molar-refractivity contribution in [2.45, 2.75) is 51.5 Å². The van der Waals surface area contributed by atoms with Crippen molar-refractivity contribution in [2.24, 2.45) is 11.3 Å². The van der Waals surface area contributed by atoms with Gasteiger partial charge in [0, 0.05) is 31.7 Å². The fraction of sp³-hybridized carbons (Fsp3) is 0.933. The second-order valence-corrected chi connectivity index (χ2v) is 6.36. The molecular formula is C15H27NO2. The molecule has 0 amide bonds. The lowest BCUT2D eigenvalue weighted by molar-refractivity contribution is -0.119. The summed E-state index contributed by atoms with van der Waals surface area (Å²) in [5.74, 6) is 0.798. The van der Waals surface area contributed by atoms with Crippen LogP contribution >= 0.6 is 0 Å². The van der Waals surface area contributed by atoms with Crippen LogP contribution in [0.1, 0.15) is 45.4 Å². The van der Waals surface area contributed by atoms with E-state index < -0.39 is 0 Å². The zero-order valence-corrected chi connectivity index (χ0v) is 11.9. The largest absolute Gasteiger partial charge is 0.383 e. The molecule has 0 aromatic heterocycles. The molecule has 3 heteroatoms. The first kappa shape index (κ1) is 14.0. The van der Waals surface area contributed by atoms with Crippen molar-refractivity contribution in [1.29, 1.82) is 0 Å². The van der Waals surface area contributed by atoms with Crippen molar-refractivity contribution >= 4 is 6.29 Å². The first-order valence-electron chi connectivity index (χ1n) is 7.38. The predicted octanol–water partition coefficient (Wildman–Crippen LogP) is 2.49. The van der Waals surface area contributed by atoms with Crippen LogP contribution in [0.2, 0.25) is 0 Å². The third-order valence-corrected chi connectivity index (χ3v) is 4.68. The van der Waals surface area contributed by atoms with Gasteiger partial charge in [-0.3, -0.25) is 4.90 Å². The van der Waals surface area contributed by atoms with Gasteiger partial charge < -0.3 is 9.53 Å². The van der Waals surface area contributed by atoms with Crippen molar-refractivity contribution < 1.29 is 9.53 Å². The average molecular weight is 253 g/mol. The van der Waals surface area contributed by atoms with Gasteiger partial charge in [-0.15, -0.1) is 0 Å². The molecule has 0 radical (unpaired) electrons. The quantitative estimate of drug-likeness (QED) is 0.653. The standard InChI is InChI=1S/C15H27NO2/c1-13-5-7-15(12-17,8-6-13)11-16(9-10-18-2)14-3-4-14/h12-14H,3-11H2,1-2H3. The number of hydrogen-bond acceptors (Lipinski definition) is 3. The molecule has 0 aromatic carbocycles. The van der Waals surface area contributed by atoms with Crippen molar-refractivity contribution in [3.8, 4) is 0 Å². The Bertz CT molecular complexity index is 268. The Kier molecular flexibility index (Phi) is 4.79. The molecule has 2 aliphatic carbocycles. The lowest BCUT2D eigenvalue weighted by Crippen LogP contribution is -2.43. The van der Waals surface area contributed by atoms with Crippen LogP contribution < -0.4 is 0 Å². The first-order chi connectivity index (χ1) is 8.69. The second-order valence-electron chi connectivity index (χ2n) is 6.36. The average Bonchev–Trinajstić information content (AvgIpc) is 3.22. The fourth-order valence-corrected chi connectivity index (χ4v) is 3.09. The van der Waals surface area contributed by atoms with Crippen LogP contribution in [-0.4, -0.2) is 44.0 Å². The number of aldehydes is 1. The Labute approximate surface area is 111 Å². The molecule has 0 spiro atoms. The highest BCUT2D eigenvalue weighted by molar-refractivity contribution is 5.60. The van der Waals surface area contributed by atoms with E-state index in [1.54, 1.807) is 7.11 Å². The number of hydrogen-bond donors (Lipinski definition) is 0. The number of rotatable bonds is 7. The smallest absolute Gasteiger partial charge is 0.127 e. The normalized spacial score (nSPS) is 32.7. The predicted molar refractivity (Wildman–Crippen MR) is 72.6 cm³/mol. The molecule has 0 aromatic rings. The number of carbonyl (C=O) groups excluding carboxylic acids is 1. The van der Waals surface area contributed by atoms with Crippen LogP contribution in [0.15, 0.2) is 0 Å². The van der Waals surface area contributed by atoms with Crippen molar-refractivity contribution in [3.05, 3.63) is 0 Å². The van der Waals surface area contributed by atoms with Crippen LogP contribution in [0.3, 0.4) is 0 Å². The third kappa shape index (κ3) is 3.55. The minimum Gasteiger partial charge on any atom is -0.383 e. The van der Waals surface area contributed by atoms with Gasteiger partial charge in [0.2, 0.25) is 0 Å². The summed E-state index contributed by atoms with van der Waals surface area (Å²) in [6.45, 7) is 5.02. The molecule has 0 atom stereocenters. The Morgan fingerprint density at radius 1 is 1.28 bits per heavy atom. The summed E-state index contributed by atoms with van der Waals surface area (Å²) in [5.41, 5.74) is -0.0666. The molecule has 2 fully saturated rings. The van der Waals surface area contributed by atoms with Gasteiger partial charge >= 0.3 is 0 Å². The van der Waals surface area contributed by atoms with E-state index in [1.807, 2.05) is 0 Å².